The van der Waals surface area contributed by atoms with Crippen molar-refractivity contribution in [1.82, 2.24) is 0 Å². The summed E-state index contributed by atoms with van der Waals surface area (Å²) in [6.07, 6.45) is 1.13. The molecule has 0 spiro atoms. The van der Waals surface area contributed by atoms with Gasteiger partial charge in [0.15, 0.2) is 0 Å². The average Bonchev–Trinajstić information content (AvgIpc) is 2.70. The van der Waals surface area contributed by atoms with Gasteiger partial charge in [-0.15, -0.1) is 0 Å². The summed E-state index contributed by atoms with van der Waals surface area (Å²) in [5, 5.41) is 0. The maximum atomic E-state index is 6.21. The van der Waals surface area contributed by atoms with Crippen LogP contribution in [0.4, 0.5) is 0 Å². The Hall–Kier alpha value is -2.00. The number of rotatable bonds is 11. The van der Waals surface area contributed by atoms with Crippen molar-refractivity contribution in [2.24, 2.45) is 0 Å². The summed E-state index contributed by atoms with van der Waals surface area (Å²) in [6.45, 7) is 18.1. The van der Waals surface area contributed by atoms with Gasteiger partial charge in [-0.2, -0.15) is 0 Å². The zero-order chi connectivity index (χ0) is 22.3. The molecule has 3 nitrogen and oxygen atoms in total. The first kappa shape index (κ1) is 24.3. The Kier molecular flexibility index (Phi) is 8.78. The first-order chi connectivity index (χ1) is 14.1. The van der Waals surface area contributed by atoms with Gasteiger partial charge in [-0.3, -0.25) is 0 Å². The average molecular weight is 413 g/mol. The second-order valence-electron chi connectivity index (χ2n) is 9.15. The molecule has 0 amide bonds. The summed E-state index contributed by atoms with van der Waals surface area (Å²) in [5.41, 5.74) is 3.83. The maximum absolute atomic E-state index is 6.21. The Labute approximate surface area is 183 Å². The highest BCUT2D eigenvalue weighted by molar-refractivity contribution is 5.44. The van der Waals surface area contributed by atoms with Crippen LogP contribution in [0.3, 0.4) is 0 Å². The van der Waals surface area contributed by atoms with Gasteiger partial charge in [0.25, 0.3) is 0 Å². The normalized spacial score (nSPS) is 13.0. The molecule has 166 valence electrons. The van der Waals surface area contributed by atoms with Crippen LogP contribution < -0.4 is 9.47 Å². The summed E-state index contributed by atoms with van der Waals surface area (Å²) in [7, 11) is 0. The van der Waals surface area contributed by atoms with Crippen LogP contribution in [-0.4, -0.2) is 19.0 Å². The summed E-state index contributed by atoms with van der Waals surface area (Å²) < 4.78 is 18.3. The molecule has 0 radical (unpaired) electrons. The van der Waals surface area contributed by atoms with Crippen molar-refractivity contribution in [3.05, 3.63) is 59.2 Å². The van der Waals surface area contributed by atoms with Crippen molar-refractivity contribution in [2.45, 2.75) is 85.4 Å². The van der Waals surface area contributed by atoms with Crippen molar-refractivity contribution < 1.29 is 14.2 Å². The third-order valence-corrected chi connectivity index (χ3v) is 5.52. The van der Waals surface area contributed by atoms with Crippen molar-refractivity contribution in [3.63, 3.8) is 0 Å². The number of hydrogen-bond acceptors (Lipinski definition) is 3. The maximum Gasteiger partial charge on any atom is 0.204 e. The van der Waals surface area contributed by atoms with Crippen LogP contribution in [0.5, 0.6) is 11.5 Å². The fourth-order valence-corrected chi connectivity index (χ4v) is 3.49. The van der Waals surface area contributed by atoms with E-state index in [-0.39, 0.29) is 0 Å². The lowest BCUT2D eigenvalue weighted by atomic mass is 9.94. The van der Waals surface area contributed by atoms with Crippen LogP contribution >= 0.6 is 0 Å². The van der Waals surface area contributed by atoms with Gasteiger partial charge < -0.3 is 14.2 Å². The number of benzene rings is 2. The molecule has 2 aromatic carbocycles. The minimum atomic E-state index is -0.723. The zero-order valence-electron chi connectivity index (χ0n) is 20.1. The fourth-order valence-electron chi connectivity index (χ4n) is 3.49. The minimum absolute atomic E-state index is 0.415. The van der Waals surface area contributed by atoms with Gasteiger partial charge in [-0.1, -0.05) is 71.9 Å². The van der Waals surface area contributed by atoms with E-state index in [1.165, 1.54) is 16.7 Å². The first-order valence-electron chi connectivity index (χ1n) is 11.3. The molecule has 0 saturated carbocycles. The van der Waals surface area contributed by atoms with Gasteiger partial charge in [0.1, 0.15) is 18.1 Å². The molecule has 0 saturated heterocycles. The molecular formula is C27H40O3. The van der Waals surface area contributed by atoms with Crippen LogP contribution in [0.2, 0.25) is 0 Å². The Morgan fingerprint density at radius 2 is 1.37 bits per heavy atom. The van der Waals surface area contributed by atoms with Gasteiger partial charge in [0, 0.05) is 13.8 Å². The lowest BCUT2D eigenvalue weighted by molar-refractivity contribution is -0.160. The van der Waals surface area contributed by atoms with E-state index in [1.54, 1.807) is 0 Å². The molecule has 0 fully saturated rings. The quantitative estimate of drug-likeness (QED) is 0.280. The summed E-state index contributed by atoms with van der Waals surface area (Å²) in [4.78, 5) is 0. The molecule has 0 aromatic heterocycles. The SMILES string of the molecule is CCC(C)c1ccc(OC(C)(C)OCCOc2c(C(C)C)cccc2C(C)C)cc1. The van der Waals surface area contributed by atoms with Crippen LogP contribution in [0, 0.1) is 0 Å². The van der Waals surface area contributed by atoms with E-state index in [0.717, 1.165) is 17.9 Å². The van der Waals surface area contributed by atoms with E-state index in [2.05, 4.69) is 71.9 Å². The third-order valence-electron chi connectivity index (χ3n) is 5.52. The third kappa shape index (κ3) is 6.77. The molecule has 0 aliphatic rings. The van der Waals surface area contributed by atoms with E-state index in [0.29, 0.717) is 31.0 Å². The predicted octanol–water partition coefficient (Wildman–Crippen LogP) is 7.66. The Morgan fingerprint density at radius 1 is 0.800 bits per heavy atom. The molecule has 0 bridgehead atoms. The molecule has 30 heavy (non-hydrogen) atoms. The number of hydrogen-bond donors (Lipinski definition) is 0. The second kappa shape index (κ2) is 10.9. The van der Waals surface area contributed by atoms with E-state index in [4.69, 9.17) is 14.2 Å². The van der Waals surface area contributed by atoms with E-state index < -0.39 is 5.79 Å². The van der Waals surface area contributed by atoms with Gasteiger partial charge in [-0.05, 0) is 53.0 Å². The molecule has 0 aliphatic heterocycles. The largest absolute Gasteiger partial charge is 0.491 e. The molecule has 0 aliphatic carbocycles. The Morgan fingerprint density at radius 3 is 1.87 bits per heavy atom. The van der Waals surface area contributed by atoms with Crippen LogP contribution in [0.15, 0.2) is 42.5 Å². The molecule has 0 heterocycles. The van der Waals surface area contributed by atoms with E-state index in [9.17, 15) is 0 Å². The lowest BCUT2D eigenvalue weighted by Crippen LogP contribution is -2.33. The summed E-state index contributed by atoms with van der Waals surface area (Å²) >= 11 is 0. The van der Waals surface area contributed by atoms with Crippen molar-refractivity contribution in [2.75, 3.05) is 13.2 Å². The molecule has 2 aromatic rings. The molecule has 1 unspecified atom stereocenters. The van der Waals surface area contributed by atoms with Crippen molar-refractivity contribution in [3.8, 4) is 11.5 Å². The smallest absolute Gasteiger partial charge is 0.204 e. The number of ether oxygens (including phenoxy) is 3. The minimum Gasteiger partial charge on any atom is -0.491 e. The Bertz CT molecular complexity index is 749. The van der Waals surface area contributed by atoms with E-state index >= 15 is 0 Å². The zero-order valence-corrected chi connectivity index (χ0v) is 20.1. The highest BCUT2D eigenvalue weighted by atomic mass is 16.7. The highest BCUT2D eigenvalue weighted by Gasteiger charge is 2.21. The van der Waals surface area contributed by atoms with Gasteiger partial charge in [-0.25, -0.2) is 0 Å². The molecule has 3 heteroatoms. The van der Waals surface area contributed by atoms with Gasteiger partial charge in [0.05, 0.1) is 6.61 Å². The molecule has 0 N–H and O–H groups in total. The van der Waals surface area contributed by atoms with Gasteiger partial charge in [0.2, 0.25) is 5.79 Å². The monoisotopic (exact) mass is 412 g/mol. The van der Waals surface area contributed by atoms with Crippen molar-refractivity contribution >= 4 is 0 Å². The molecular weight excluding hydrogens is 372 g/mol. The highest BCUT2D eigenvalue weighted by Crippen LogP contribution is 2.34. The van der Waals surface area contributed by atoms with Crippen LogP contribution in [0.1, 0.15) is 96.3 Å². The van der Waals surface area contributed by atoms with E-state index in [1.807, 2.05) is 26.0 Å². The molecule has 2 rings (SSSR count). The Balaban J connectivity index is 1.93. The van der Waals surface area contributed by atoms with Gasteiger partial charge >= 0.3 is 0 Å². The van der Waals surface area contributed by atoms with Crippen LogP contribution in [0.25, 0.3) is 0 Å². The lowest BCUT2D eigenvalue weighted by Gasteiger charge is -2.27. The summed E-state index contributed by atoms with van der Waals surface area (Å²) in [5.74, 6) is 2.49. The van der Waals surface area contributed by atoms with Crippen LogP contribution in [-0.2, 0) is 4.74 Å². The summed E-state index contributed by atoms with van der Waals surface area (Å²) in [6, 6.07) is 14.8. The fraction of sp³-hybridized carbons (Fsp3) is 0.556. The molecule has 1 atom stereocenters. The predicted molar refractivity (Wildman–Crippen MR) is 126 cm³/mol. The first-order valence-corrected chi connectivity index (χ1v) is 11.3. The standard InChI is InChI=1S/C27H40O3/c1-9-21(6)22-13-15-23(16-14-22)30-27(7,8)29-18-17-28-26-24(19(2)3)11-10-12-25(26)20(4)5/h10-16,19-21H,9,17-18H2,1-8H3. The second-order valence-corrected chi connectivity index (χ2v) is 9.15. The van der Waals surface area contributed by atoms with Crippen molar-refractivity contribution in [1.29, 1.82) is 0 Å². The topological polar surface area (TPSA) is 27.7 Å². The number of para-hydroxylation sites is 1.